The van der Waals surface area contributed by atoms with Crippen LogP contribution in [0.25, 0.3) is 6.08 Å². The lowest BCUT2D eigenvalue weighted by molar-refractivity contribution is -0.111. The van der Waals surface area contributed by atoms with Crippen molar-refractivity contribution >= 4 is 35.0 Å². The number of aromatic nitrogens is 2. The lowest BCUT2D eigenvalue weighted by Crippen LogP contribution is -2.36. The number of hydrogen-bond donors (Lipinski definition) is 1. The quantitative estimate of drug-likeness (QED) is 0.526. The van der Waals surface area contributed by atoms with Gasteiger partial charge in [-0.05, 0) is 49.8 Å². The van der Waals surface area contributed by atoms with Crippen molar-refractivity contribution in [2.45, 2.75) is 20.4 Å². The van der Waals surface area contributed by atoms with Gasteiger partial charge in [0.25, 0.3) is 0 Å². The minimum Gasteiger partial charge on any atom is -0.378 e. The molecule has 33 heavy (non-hydrogen) atoms. The summed E-state index contributed by atoms with van der Waals surface area (Å²) in [6.07, 6.45) is 3.17. The van der Waals surface area contributed by atoms with Crippen molar-refractivity contribution in [1.29, 1.82) is 0 Å². The van der Waals surface area contributed by atoms with Gasteiger partial charge in [0.1, 0.15) is 5.82 Å². The lowest BCUT2D eigenvalue weighted by Gasteiger charge is -2.29. The Kier molecular flexibility index (Phi) is 7.11. The summed E-state index contributed by atoms with van der Waals surface area (Å²) in [6, 6.07) is 12.4. The smallest absolute Gasteiger partial charge is 0.248 e. The van der Waals surface area contributed by atoms with Crippen LogP contribution in [0.15, 0.2) is 48.5 Å². The molecule has 0 radical (unpaired) electrons. The number of rotatable bonds is 6. The highest BCUT2D eigenvalue weighted by atomic mass is 35.5. The second kappa shape index (κ2) is 10.2. The first-order valence-electron chi connectivity index (χ1n) is 10.8. The first-order chi connectivity index (χ1) is 15.9. The van der Waals surface area contributed by atoms with E-state index in [1.807, 2.05) is 47.7 Å². The van der Waals surface area contributed by atoms with Crippen LogP contribution in [0.3, 0.4) is 0 Å². The van der Waals surface area contributed by atoms with Gasteiger partial charge in [-0.25, -0.2) is 4.39 Å². The Morgan fingerprint density at radius 2 is 1.97 bits per heavy atom. The molecule has 172 valence electrons. The fourth-order valence-electron chi connectivity index (χ4n) is 3.88. The van der Waals surface area contributed by atoms with E-state index in [-0.39, 0.29) is 11.7 Å². The second-order valence-corrected chi connectivity index (χ2v) is 8.33. The predicted octanol–water partition coefficient (Wildman–Crippen LogP) is 4.83. The minimum atomic E-state index is -0.369. The molecule has 0 aliphatic carbocycles. The zero-order valence-corrected chi connectivity index (χ0v) is 19.4. The van der Waals surface area contributed by atoms with E-state index in [1.54, 1.807) is 18.2 Å². The number of carbonyl (C=O) groups is 1. The van der Waals surface area contributed by atoms with E-state index in [1.165, 1.54) is 12.1 Å². The Bertz CT molecular complexity index is 1190. The van der Waals surface area contributed by atoms with Crippen molar-refractivity contribution in [3.05, 3.63) is 81.9 Å². The summed E-state index contributed by atoms with van der Waals surface area (Å²) in [6.45, 7) is 6.85. The van der Waals surface area contributed by atoms with Crippen molar-refractivity contribution in [2.75, 3.05) is 36.5 Å². The number of ether oxygens (including phenoxy) is 1. The predicted molar refractivity (Wildman–Crippen MR) is 129 cm³/mol. The number of carbonyl (C=O) groups excluding carboxylic acids is 1. The van der Waals surface area contributed by atoms with Gasteiger partial charge in [-0.1, -0.05) is 29.8 Å². The SMILES string of the molecule is Cc1nn(Cc2ccccc2Cl)c(C)c1/C=C/C(=O)Nc1ccc(N2CCOCC2)c(F)c1. The molecule has 8 heteroatoms. The lowest BCUT2D eigenvalue weighted by atomic mass is 10.1. The number of halogens is 2. The molecule has 0 spiro atoms. The highest BCUT2D eigenvalue weighted by Crippen LogP contribution is 2.24. The van der Waals surface area contributed by atoms with Crippen LogP contribution in [0.5, 0.6) is 0 Å². The van der Waals surface area contributed by atoms with E-state index < -0.39 is 0 Å². The normalized spacial score (nSPS) is 14.1. The summed E-state index contributed by atoms with van der Waals surface area (Å²) in [4.78, 5) is 14.4. The van der Waals surface area contributed by atoms with Crippen LogP contribution in [0.4, 0.5) is 15.8 Å². The van der Waals surface area contributed by atoms with Gasteiger partial charge < -0.3 is 15.0 Å². The fraction of sp³-hybridized carbons (Fsp3) is 0.280. The van der Waals surface area contributed by atoms with Crippen LogP contribution in [0.2, 0.25) is 5.02 Å². The van der Waals surface area contributed by atoms with Crippen molar-refractivity contribution in [1.82, 2.24) is 9.78 Å². The molecular formula is C25H26ClFN4O2. The Labute approximate surface area is 197 Å². The average Bonchev–Trinajstić information content (AvgIpc) is 3.07. The van der Waals surface area contributed by atoms with Crippen LogP contribution >= 0.6 is 11.6 Å². The van der Waals surface area contributed by atoms with E-state index in [0.717, 1.165) is 22.5 Å². The molecule has 1 saturated heterocycles. The maximum Gasteiger partial charge on any atom is 0.248 e. The molecule has 2 heterocycles. The molecule has 6 nitrogen and oxygen atoms in total. The van der Waals surface area contributed by atoms with E-state index in [9.17, 15) is 9.18 Å². The summed E-state index contributed by atoms with van der Waals surface area (Å²) in [5.41, 5.74) is 4.50. The summed E-state index contributed by atoms with van der Waals surface area (Å²) >= 11 is 6.27. The van der Waals surface area contributed by atoms with Crippen molar-refractivity contribution in [3.63, 3.8) is 0 Å². The Morgan fingerprint density at radius 3 is 2.70 bits per heavy atom. The van der Waals surface area contributed by atoms with E-state index in [4.69, 9.17) is 16.3 Å². The minimum absolute atomic E-state index is 0.342. The second-order valence-electron chi connectivity index (χ2n) is 7.92. The monoisotopic (exact) mass is 468 g/mol. The average molecular weight is 469 g/mol. The Balaban J connectivity index is 1.43. The molecule has 1 N–H and O–H groups in total. The van der Waals surface area contributed by atoms with Crippen molar-refractivity contribution in [2.24, 2.45) is 0 Å². The first kappa shape index (κ1) is 23.0. The third-order valence-electron chi connectivity index (χ3n) is 5.68. The van der Waals surface area contributed by atoms with Gasteiger partial charge >= 0.3 is 0 Å². The summed E-state index contributed by atoms with van der Waals surface area (Å²) < 4.78 is 21.8. The van der Waals surface area contributed by atoms with Gasteiger partial charge in [0.15, 0.2) is 0 Å². The third kappa shape index (κ3) is 5.43. The van der Waals surface area contributed by atoms with Crippen LogP contribution in [-0.4, -0.2) is 42.0 Å². The number of nitrogens with one attached hydrogen (secondary N) is 1. The highest BCUT2D eigenvalue weighted by Gasteiger charge is 2.16. The number of benzene rings is 2. The Hall–Kier alpha value is -3.16. The molecule has 1 aliphatic heterocycles. The highest BCUT2D eigenvalue weighted by molar-refractivity contribution is 6.31. The topological polar surface area (TPSA) is 59.4 Å². The molecule has 2 aromatic carbocycles. The molecule has 0 saturated carbocycles. The standard InChI is InChI=1S/C25H26ClFN4O2/c1-17-21(18(2)31(29-17)16-19-5-3-4-6-22(19)26)8-10-25(32)28-20-7-9-24(23(27)15-20)30-11-13-33-14-12-30/h3-10,15H,11-14,16H2,1-2H3,(H,28,32)/b10-8+. The molecule has 1 amide bonds. The molecule has 3 aromatic rings. The van der Waals surface area contributed by atoms with Gasteiger partial charge in [-0.2, -0.15) is 5.10 Å². The number of anilines is 2. The Morgan fingerprint density at radius 1 is 1.21 bits per heavy atom. The van der Waals surface area contributed by atoms with Crippen molar-refractivity contribution < 1.29 is 13.9 Å². The molecular weight excluding hydrogens is 443 g/mol. The number of amides is 1. The maximum atomic E-state index is 14.6. The van der Waals surface area contributed by atoms with Crippen LogP contribution < -0.4 is 10.2 Å². The largest absolute Gasteiger partial charge is 0.378 e. The van der Waals surface area contributed by atoms with Gasteiger partial charge in [-0.3, -0.25) is 9.48 Å². The van der Waals surface area contributed by atoms with Gasteiger partial charge in [0.05, 0.1) is 31.1 Å². The summed E-state index contributed by atoms with van der Waals surface area (Å²) in [5.74, 6) is -0.711. The van der Waals surface area contributed by atoms with E-state index in [0.29, 0.717) is 49.2 Å². The number of hydrogen-bond acceptors (Lipinski definition) is 4. The fourth-order valence-corrected chi connectivity index (χ4v) is 4.08. The molecule has 0 atom stereocenters. The van der Waals surface area contributed by atoms with Crippen LogP contribution in [-0.2, 0) is 16.1 Å². The molecule has 4 rings (SSSR count). The first-order valence-corrected chi connectivity index (χ1v) is 11.2. The third-order valence-corrected chi connectivity index (χ3v) is 6.05. The zero-order chi connectivity index (χ0) is 23.4. The molecule has 0 unspecified atom stereocenters. The number of morpholine rings is 1. The van der Waals surface area contributed by atoms with E-state index in [2.05, 4.69) is 10.4 Å². The zero-order valence-electron chi connectivity index (χ0n) is 18.6. The summed E-state index contributed by atoms with van der Waals surface area (Å²) in [7, 11) is 0. The summed E-state index contributed by atoms with van der Waals surface area (Å²) in [5, 5.41) is 8.00. The van der Waals surface area contributed by atoms with Gasteiger partial charge in [0, 0.05) is 41.1 Å². The van der Waals surface area contributed by atoms with Gasteiger partial charge in [-0.15, -0.1) is 0 Å². The van der Waals surface area contributed by atoms with Crippen molar-refractivity contribution in [3.8, 4) is 0 Å². The molecule has 1 aliphatic rings. The molecule has 0 bridgehead atoms. The molecule has 1 fully saturated rings. The van der Waals surface area contributed by atoms with Crippen LogP contribution in [0, 0.1) is 19.7 Å². The van der Waals surface area contributed by atoms with Gasteiger partial charge in [0.2, 0.25) is 5.91 Å². The maximum absolute atomic E-state index is 14.6. The number of nitrogens with zero attached hydrogens (tertiary/aromatic N) is 3. The van der Waals surface area contributed by atoms with E-state index >= 15 is 0 Å². The molecule has 1 aromatic heterocycles. The van der Waals surface area contributed by atoms with Crippen LogP contribution in [0.1, 0.15) is 22.5 Å². The number of aryl methyl sites for hydroxylation is 1.